The van der Waals surface area contributed by atoms with Gasteiger partial charge in [-0.15, -0.1) is 11.8 Å². The molecular formula is C15H25NS. The van der Waals surface area contributed by atoms with E-state index in [0.717, 1.165) is 6.54 Å². The van der Waals surface area contributed by atoms with Crippen LogP contribution >= 0.6 is 11.8 Å². The third-order valence-electron chi connectivity index (χ3n) is 2.48. The average Bonchev–Trinajstić information content (AvgIpc) is 2.22. The molecule has 96 valence electrons. The summed E-state index contributed by atoms with van der Waals surface area (Å²) in [7, 11) is 0. The number of nitrogens with one attached hydrogen (secondary N) is 1. The first kappa shape index (κ1) is 14.6. The zero-order valence-corrected chi connectivity index (χ0v) is 12.4. The van der Waals surface area contributed by atoms with E-state index in [1.54, 1.807) is 0 Å². The molecule has 0 unspecified atom stereocenters. The highest BCUT2D eigenvalue weighted by molar-refractivity contribution is 7.99. The number of hydrogen-bond acceptors (Lipinski definition) is 2. The molecule has 0 saturated carbocycles. The Morgan fingerprint density at radius 2 is 1.94 bits per heavy atom. The third kappa shape index (κ3) is 7.45. The predicted octanol–water partition coefficient (Wildman–Crippen LogP) is 4.26. The van der Waals surface area contributed by atoms with Crippen molar-refractivity contribution in [3.05, 3.63) is 29.8 Å². The van der Waals surface area contributed by atoms with Crippen molar-refractivity contribution in [3.63, 3.8) is 0 Å². The first-order chi connectivity index (χ1) is 7.97. The SMILES string of the molecule is Cc1cccc(SCCCCNC(C)(C)C)c1. The molecule has 0 amide bonds. The highest BCUT2D eigenvalue weighted by atomic mass is 32.2. The predicted molar refractivity (Wildman–Crippen MR) is 78.9 cm³/mol. The summed E-state index contributed by atoms with van der Waals surface area (Å²) in [4.78, 5) is 1.40. The fraction of sp³-hybridized carbons (Fsp3) is 0.600. The molecule has 0 spiro atoms. The van der Waals surface area contributed by atoms with Crippen LogP contribution in [-0.2, 0) is 0 Å². The van der Waals surface area contributed by atoms with Crippen LogP contribution in [0.4, 0.5) is 0 Å². The number of hydrogen-bond donors (Lipinski definition) is 1. The summed E-state index contributed by atoms with van der Waals surface area (Å²) in [5.41, 5.74) is 1.60. The van der Waals surface area contributed by atoms with Gasteiger partial charge >= 0.3 is 0 Å². The minimum absolute atomic E-state index is 0.254. The molecule has 0 heterocycles. The lowest BCUT2D eigenvalue weighted by molar-refractivity contribution is 0.421. The van der Waals surface area contributed by atoms with Crippen LogP contribution in [0, 0.1) is 6.92 Å². The molecule has 1 aromatic carbocycles. The number of benzene rings is 1. The molecule has 0 saturated heterocycles. The van der Waals surface area contributed by atoms with E-state index in [9.17, 15) is 0 Å². The lowest BCUT2D eigenvalue weighted by Gasteiger charge is -2.20. The van der Waals surface area contributed by atoms with E-state index in [-0.39, 0.29) is 5.54 Å². The Bertz CT molecular complexity index is 328. The van der Waals surface area contributed by atoms with Crippen LogP contribution in [-0.4, -0.2) is 17.8 Å². The molecule has 2 heteroatoms. The van der Waals surface area contributed by atoms with Gasteiger partial charge in [-0.05, 0) is 65.0 Å². The third-order valence-corrected chi connectivity index (χ3v) is 3.56. The second-order valence-electron chi connectivity index (χ2n) is 5.55. The van der Waals surface area contributed by atoms with Crippen molar-refractivity contribution in [1.82, 2.24) is 5.32 Å². The van der Waals surface area contributed by atoms with Crippen LogP contribution in [0.1, 0.15) is 39.2 Å². The van der Waals surface area contributed by atoms with Crippen molar-refractivity contribution in [2.45, 2.75) is 51.0 Å². The molecule has 1 nitrogen and oxygen atoms in total. The van der Waals surface area contributed by atoms with Crippen molar-refractivity contribution in [3.8, 4) is 0 Å². The Labute approximate surface area is 110 Å². The molecular weight excluding hydrogens is 226 g/mol. The molecule has 0 bridgehead atoms. The van der Waals surface area contributed by atoms with E-state index in [0.29, 0.717) is 0 Å². The lowest BCUT2D eigenvalue weighted by atomic mass is 10.1. The van der Waals surface area contributed by atoms with E-state index in [2.05, 4.69) is 57.3 Å². The Kier molecular flexibility index (Phi) is 6.07. The molecule has 1 N–H and O–H groups in total. The summed E-state index contributed by atoms with van der Waals surface area (Å²) >= 11 is 1.96. The van der Waals surface area contributed by atoms with Gasteiger partial charge in [-0.2, -0.15) is 0 Å². The molecule has 1 rings (SSSR count). The van der Waals surface area contributed by atoms with E-state index < -0.39 is 0 Å². The number of aryl methyl sites for hydroxylation is 1. The lowest BCUT2D eigenvalue weighted by Crippen LogP contribution is -2.36. The van der Waals surface area contributed by atoms with Gasteiger partial charge in [0.15, 0.2) is 0 Å². The molecule has 0 fully saturated rings. The second-order valence-corrected chi connectivity index (χ2v) is 6.72. The molecule has 17 heavy (non-hydrogen) atoms. The van der Waals surface area contributed by atoms with Gasteiger partial charge in [0.05, 0.1) is 0 Å². The van der Waals surface area contributed by atoms with Crippen molar-refractivity contribution in [1.29, 1.82) is 0 Å². The van der Waals surface area contributed by atoms with Crippen LogP contribution in [0.25, 0.3) is 0 Å². The van der Waals surface area contributed by atoms with E-state index in [1.807, 2.05) is 11.8 Å². The molecule has 0 aromatic heterocycles. The Hall–Kier alpha value is -0.470. The minimum atomic E-state index is 0.254. The van der Waals surface area contributed by atoms with E-state index >= 15 is 0 Å². The Morgan fingerprint density at radius 3 is 2.59 bits per heavy atom. The van der Waals surface area contributed by atoms with Crippen LogP contribution in [0.5, 0.6) is 0 Å². The molecule has 0 aliphatic heterocycles. The maximum absolute atomic E-state index is 3.52. The summed E-state index contributed by atoms with van der Waals surface area (Å²) < 4.78 is 0. The second kappa shape index (κ2) is 7.07. The number of unbranched alkanes of at least 4 members (excludes halogenated alkanes) is 1. The average molecular weight is 251 g/mol. The van der Waals surface area contributed by atoms with Gasteiger partial charge in [-0.1, -0.05) is 17.7 Å². The van der Waals surface area contributed by atoms with Gasteiger partial charge in [-0.25, -0.2) is 0 Å². The smallest absolute Gasteiger partial charge is 0.00965 e. The van der Waals surface area contributed by atoms with Crippen molar-refractivity contribution >= 4 is 11.8 Å². The molecule has 1 aromatic rings. The minimum Gasteiger partial charge on any atom is -0.312 e. The van der Waals surface area contributed by atoms with Crippen molar-refractivity contribution < 1.29 is 0 Å². The largest absolute Gasteiger partial charge is 0.312 e. The molecule has 0 aliphatic carbocycles. The van der Waals surface area contributed by atoms with Crippen molar-refractivity contribution in [2.24, 2.45) is 0 Å². The van der Waals surface area contributed by atoms with Gasteiger partial charge in [0.1, 0.15) is 0 Å². The standard InChI is InChI=1S/C15H25NS/c1-13-8-7-9-14(12-13)17-11-6-5-10-16-15(2,3)4/h7-9,12,16H,5-6,10-11H2,1-4H3. The first-order valence-corrected chi connectivity index (χ1v) is 7.40. The summed E-state index contributed by atoms with van der Waals surface area (Å²) in [5, 5.41) is 3.52. The molecule has 0 aliphatic rings. The number of rotatable bonds is 6. The van der Waals surface area contributed by atoms with E-state index in [4.69, 9.17) is 0 Å². The fourth-order valence-electron chi connectivity index (χ4n) is 1.59. The maximum atomic E-state index is 3.52. The van der Waals surface area contributed by atoms with Gasteiger partial charge in [0, 0.05) is 10.4 Å². The summed E-state index contributed by atoms with van der Waals surface area (Å²) in [6.07, 6.45) is 2.54. The van der Waals surface area contributed by atoms with Crippen LogP contribution in [0.15, 0.2) is 29.2 Å². The van der Waals surface area contributed by atoms with Gasteiger partial charge in [0.25, 0.3) is 0 Å². The van der Waals surface area contributed by atoms with Gasteiger partial charge in [-0.3, -0.25) is 0 Å². The topological polar surface area (TPSA) is 12.0 Å². The summed E-state index contributed by atoms with van der Waals surface area (Å²) in [5.74, 6) is 1.22. The van der Waals surface area contributed by atoms with E-state index in [1.165, 1.54) is 29.1 Å². The summed E-state index contributed by atoms with van der Waals surface area (Å²) in [6, 6.07) is 8.75. The van der Waals surface area contributed by atoms with Crippen molar-refractivity contribution in [2.75, 3.05) is 12.3 Å². The highest BCUT2D eigenvalue weighted by Gasteiger charge is 2.06. The Morgan fingerprint density at radius 1 is 1.18 bits per heavy atom. The maximum Gasteiger partial charge on any atom is 0.00965 e. The van der Waals surface area contributed by atoms with Gasteiger partial charge < -0.3 is 5.32 Å². The monoisotopic (exact) mass is 251 g/mol. The fourth-order valence-corrected chi connectivity index (χ4v) is 2.61. The van der Waals surface area contributed by atoms with Crippen LogP contribution in [0.2, 0.25) is 0 Å². The number of thioether (sulfide) groups is 1. The van der Waals surface area contributed by atoms with Crippen LogP contribution < -0.4 is 5.32 Å². The summed E-state index contributed by atoms with van der Waals surface area (Å²) in [6.45, 7) is 9.92. The molecule has 0 radical (unpaired) electrons. The quantitative estimate of drug-likeness (QED) is 0.599. The zero-order valence-electron chi connectivity index (χ0n) is 11.5. The first-order valence-electron chi connectivity index (χ1n) is 6.42. The van der Waals surface area contributed by atoms with Crippen LogP contribution in [0.3, 0.4) is 0 Å². The Balaban J connectivity index is 2.09. The normalized spacial score (nSPS) is 11.8. The van der Waals surface area contributed by atoms with Gasteiger partial charge in [0.2, 0.25) is 0 Å². The zero-order chi connectivity index (χ0) is 12.7. The highest BCUT2D eigenvalue weighted by Crippen LogP contribution is 2.20. The molecule has 0 atom stereocenters.